The Morgan fingerprint density at radius 2 is 2.18 bits per heavy atom. The molecule has 0 bridgehead atoms. The van der Waals surface area contributed by atoms with E-state index >= 15 is 0 Å². The summed E-state index contributed by atoms with van der Waals surface area (Å²) in [5, 5.41) is 9.25. The SMILES string of the molecule is O=C1CC(O)CN1c1ncccc1C(F)(F)F. The van der Waals surface area contributed by atoms with Crippen LogP contribution in [0.1, 0.15) is 12.0 Å². The molecule has 0 saturated carbocycles. The van der Waals surface area contributed by atoms with E-state index in [1.165, 1.54) is 6.20 Å². The Labute approximate surface area is 94.7 Å². The summed E-state index contributed by atoms with van der Waals surface area (Å²) in [5.74, 6) is -0.997. The summed E-state index contributed by atoms with van der Waals surface area (Å²) in [7, 11) is 0. The monoisotopic (exact) mass is 246 g/mol. The molecule has 17 heavy (non-hydrogen) atoms. The molecule has 4 nitrogen and oxygen atoms in total. The fraction of sp³-hybridized carbons (Fsp3) is 0.400. The fourth-order valence-corrected chi connectivity index (χ4v) is 1.73. The van der Waals surface area contributed by atoms with Gasteiger partial charge in [0.25, 0.3) is 0 Å². The zero-order valence-corrected chi connectivity index (χ0v) is 8.61. The second-order valence-electron chi connectivity index (χ2n) is 3.73. The molecule has 1 unspecified atom stereocenters. The summed E-state index contributed by atoms with van der Waals surface area (Å²) in [4.78, 5) is 15.9. The Hall–Kier alpha value is -1.63. The number of nitrogens with zero attached hydrogens (tertiary/aromatic N) is 2. The summed E-state index contributed by atoms with van der Waals surface area (Å²) >= 11 is 0. The van der Waals surface area contributed by atoms with Crippen LogP contribution in [0.2, 0.25) is 0 Å². The third-order valence-corrected chi connectivity index (χ3v) is 2.45. The highest BCUT2D eigenvalue weighted by atomic mass is 19.4. The van der Waals surface area contributed by atoms with E-state index < -0.39 is 29.6 Å². The minimum absolute atomic E-state index is 0.154. The molecule has 1 amide bonds. The predicted molar refractivity (Wildman–Crippen MR) is 52.2 cm³/mol. The highest BCUT2D eigenvalue weighted by Gasteiger charge is 2.39. The van der Waals surface area contributed by atoms with Crippen molar-refractivity contribution in [1.29, 1.82) is 0 Å². The van der Waals surface area contributed by atoms with Crippen LogP contribution in [-0.4, -0.2) is 28.6 Å². The number of aliphatic hydroxyl groups is 1. The molecule has 7 heteroatoms. The van der Waals surface area contributed by atoms with E-state index in [4.69, 9.17) is 0 Å². The van der Waals surface area contributed by atoms with Crippen molar-refractivity contribution in [3.63, 3.8) is 0 Å². The minimum atomic E-state index is -4.57. The predicted octanol–water partition coefficient (Wildman–Crippen LogP) is 1.20. The molecule has 1 fully saturated rings. The van der Waals surface area contributed by atoms with Crippen molar-refractivity contribution in [1.82, 2.24) is 4.98 Å². The van der Waals surface area contributed by atoms with Crippen LogP contribution in [0.4, 0.5) is 19.0 Å². The third kappa shape index (κ3) is 2.23. The number of carbonyl (C=O) groups is 1. The molecule has 0 radical (unpaired) electrons. The Morgan fingerprint density at radius 3 is 2.71 bits per heavy atom. The van der Waals surface area contributed by atoms with Crippen molar-refractivity contribution in [2.45, 2.75) is 18.7 Å². The van der Waals surface area contributed by atoms with Crippen LogP contribution in [0.25, 0.3) is 0 Å². The second-order valence-corrected chi connectivity index (χ2v) is 3.73. The number of pyridine rings is 1. The second kappa shape index (κ2) is 3.99. The van der Waals surface area contributed by atoms with Crippen LogP contribution in [0, 0.1) is 0 Å². The maximum Gasteiger partial charge on any atom is 0.419 e. The molecular formula is C10H9F3N2O2. The molecule has 1 saturated heterocycles. The lowest BCUT2D eigenvalue weighted by atomic mass is 10.2. The highest BCUT2D eigenvalue weighted by molar-refractivity contribution is 5.95. The van der Waals surface area contributed by atoms with Gasteiger partial charge in [0.15, 0.2) is 0 Å². The molecule has 1 aromatic rings. The number of rotatable bonds is 1. The Morgan fingerprint density at radius 1 is 1.47 bits per heavy atom. The molecule has 2 rings (SSSR count). The molecule has 1 N–H and O–H groups in total. The lowest BCUT2D eigenvalue weighted by Gasteiger charge is -2.19. The number of β-amino-alcohol motifs (C(OH)–C–C–N with tert-alkyl or cyclic N) is 1. The van der Waals surface area contributed by atoms with E-state index in [0.717, 1.165) is 17.0 Å². The molecule has 1 aromatic heterocycles. The van der Waals surface area contributed by atoms with Crippen molar-refractivity contribution in [3.8, 4) is 0 Å². The van der Waals surface area contributed by atoms with Gasteiger partial charge in [-0.1, -0.05) is 0 Å². The Balaban J connectivity index is 2.42. The maximum absolute atomic E-state index is 12.7. The van der Waals surface area contributed by atoms with Gasteiger partial charge < -0.3 is 5.11 Å². The quantitative estimate of drug-likeness (QED) is 0.810. The van der Waals surface area contributed by atoms with Gasteiger partial charge in [0.05, 0.1) is 24.6 Å². The number of aliphatic hydroxyl groups excluding tert-OH is 1. The van der Waals surface area contributed by atoms with Gasteiger partial charge in [-0.05, 0) is 12.1 Å². The Bertz CT molecular complexity index is 447. The van der Waals surface area contributed by atoms with Crippen LogP contribution >= 0.6 is 0 Å². The number of halogens is 3. The standard InChI is InChI=1S/C10H9F3N2O2/c11-10(12,13)7-2-1-3-14-9(7)15-5-6(16)4-8(15)17/h1-3,6,16H,4-5H2. The first kappa shape index (κ1) is 11.8. The minimum Gasteiger partial charge on any atom is -0.391 e. The third-order valence-electron chi connectivity index (χ3n) is 2.45. The normalized spacial score (nSPS) is 21.1. The smallest absolute Gasteiger partial charge is 0.391 e. The van der Waals surface area contributed by atoms with Crippen LogP contribution in [0.5, 0.6) is 0 Å². The van der Waals surface area contributed by atoms with Gasteiger partial charge in [0.1, 0.15) is 5.82 Å². The topological polar surface area (TPSA) is 53.4 Å². The van der Waals surface area contributed by atoms with Crippen LogP contribution in [0.15, 0.2) is 18.3 Å². The molecule has 0 aliphatic carbocycles. The first-order chi connectivity index (χ1) is 7.89. The number of carbonyl (C=O) groups excluding carboxylic acids is 1. The first-order valence-corrected chi connectivity index (χ1v) is 4.90. The number of hydrogen-bond acceptors (Lipinski definition) is 3. The van der Waals surface area contributed by atoms with E-state index in [0.29, 0.717) is 0 Å². The van der Waals surface area contributed by atoms with Crippen molar-refractivity contribution in [2.24, 2.45) is 0 Å². The first-order valence-electron chi connectivity index (χ1n) is 4.90. The number of anilines is 1. The van der Waals surface area contributed by atoms with Crippen molar-refractivity contribution < 1.29 is 23.1 Å². The summed E-state index contributed by atoms with van der Waals surface area (Å²) in [5.41, 5.74) is -0.970. The van der Waals surface area contributed by atoms with Crippen molar-refractivity contribution >= 4 is 11.7 Å². The van der Waals surface area contributed by atoms with Gasteiger partial charge in [-0.25, -0.2) is 4.98 Å². The Kier molecular flexibility index (Phi) is 2.78. The molecule has 1 aliphatic rings. The van der Waals surface area contributed by atoms with Crippen LogP contribution in [0.3, 0.4) is 0 Å². The molecule has 92 valence electrons. The summed E-state index contributed by atoms with van der Waals surface area (Å²) in [6.45, 7) is -0.154. The zero-order valence-electron chi connectivity index (χ0n) is 8.61. The number of aromatic nitrogens is 1. The summed E-state index contributed by atoms with van der Waals surface area (Å²) in [6.07, 6.45) is -4.50. The molecule has 1 atom stereocenters. The van der Waals surface area contributed by atoms with Gasteiger partial charge in [-0.2, -0.15) is 13.2 Å². The van der Waals surface area contributed by atoms with E-state index in [9.17, 15) is 23.1 Å². The van der Waals surface area contributed by atoms with E-state index in [1.807, 2.05) is 0 Å². The van der Waals surface area contributed by atoms with E-state index in [2.05, 4.69) is 4.98 Å². The lowest BCUT2D eigenvalue weighted by molar-refractivity contribution is -0.137. The molecule has 0 aromatic carbocycles. The lowest BCUT2D eigenvalue weighted by Crippen LogP contribution is -2.29. The van der Waals surface area contributed by atoms with Gasteiger partial charge in [-0.3, -0.25) is 9.69 Å². The maximum atomic E-state index is 12.7. The molecule has 1 aliphatic heterocycles. The average Bonchev–Trinajstić information content (AvgIpc) is 2.56. The molecular weight excluding hydrogens is 237 g/mol. The van der Waals surface area contributed by atoms with E-state index in [1.54, 1.807) is 0 Å². The summed E-state index contributed by atoms with van der Waals surface area (Å²) < 4.78 is 38.1. The molecule has 0 spiro atoms. The largest absolute Gasteiger partial charge is 0.419 e. The van der Waals surface area contributed by atoms with Gasteiger partial charge >= 0.3 is 6.18 Å². The number of hydrogen-bond donors (Lipinski definition) is 1. The van der Waals surface area contributed by atoms with Crippen LogP contribution in [-0.2, 0) is 11.0 Å². The van der Waals surface area contributed by atoms with Crippen LogP contribution < -0.4 is 4.90 Å². The van der Waals surface area contributed by atoms with Gasteiger partial charge in [-0.15, -0.1) is 0 Å². The van der Waals surface area contributed by atoms with Gasteiger partial charge in [0, 0.05) is 6.20 Å². The number of amides is 1. The number of alkyl halides is 3. The fourth-order valence-electron chi connectivity index (χ4n) is 1.73. The summed E-state index contributed by atoms with van der Waals surface area (Å²) in [6, 6.07) is 2.02. The van der Waals surface area contributed by atoms with Crippen molar-refractivity contribution in [3.05, 3.63) is 23.9 Å². The zero-order chi connectivity index (χ0) is 12.6. The van der Waals surface area contributed by atoms with Gasteiger partial charge in [0.2, 0.25) is 5.91 Å². The highest BCUT2D eigenvalue weighted by Crippen LogP contribution is 2.36. The van der Waals surface area contributed by atoms with E-state index in [-0.39, 0.29) is 13.0 Å². The van der Waals surface area contributed by atoms with Crippen molar-refractivity contribution in [2.75, 3.05) is 11.4 Å². The molecule has 2 heterocycles. The average molecular weight is 246 g/mol.